The molecule has 1 aliphatic rings. The molecule has 0 fully saturated rings. The smallest absolute Gasteiger partial charge is 0.139 e. The summed E-state index contributed by atoms with van der Waals surface area (Å²) in [5.74, 6) is 1.86. The van der Waals surface area contributed by atoms with E-state index in [-0.39, 0.29) is 5.82 Å². The Morgan fingerprint density at radius 2 is 2.04 bits per heavy atom. The highest BCUT2D eigenvalue weighted by Crippen LogP contribution is 2.43. The Hall–Kier alpha value is -2.69. The van der Waals surface area contributed by atoms with Gasteiger partial charge in [-0.3, -0.25) is 0 Å². The number of fused-ring (bicyclic) bond motifs is 5. The fourth-order valence-corrected chi connectivity index (χ4v) is 3.62. The summed E-state index contributed by atoms with van der Waals surface area (Å²) >= 11 is 0. The van der Waals surface area contributed by atoms with Gasteiger partial charge in [0.25, 0.3) is 0 Å². The number of aromatic nitrogens is 3. The number of anilines is 2. The van der Waals surface area contributed by atoms with Crippen molar-refractivity contribution in [2.45, 2.75) is 45.4 Å². The molecule has 0 radical (unpaired) electrons. The van der Waals surface area contributed by atoms with Crippen LogP contribution in [0.5, 0.6) is 0 Å². The second-order valence-electron chi connectivity index (χ2n) is 6.81. The van der Waals surface area contributed by atoms with Crippen molar-refractivity contribution in [3.05, 3.63) is 48.2 Å². The van der Waals surface area contributed by atoms with E-state index in [0.29, 0.717) is 11.6 Å². The van der Waals surface area contributed by atoms with E-state index in [2.05, 4.69) is 29.1 Å². The van der Waals surface area contributed by atoms with Gasteiger partial charge in [0.05, 0.1) is 17.1 Å². The Balaban J connectivity index is 1.89. The van der Waals surface area contributed by atoms with E-state index in [9.17, 15) is 4.39 Å². The summed E-state index contributed by atoms with van der Waals surface area (Å²) in [6, 6.07) is 8.71. The van der Waals surface area contributed by atoms with E-state index >= 15 is 0 Å². The molecule has 0 amide bonds. The number of imidazole rings is 1. The standard InChI is InChI=1S/C21H23FN4/c1-3-5-7-13(4-2)20-25-18-15-10-9-14(22)12-17(15)24-21-16(19(18)26-20)8-6-11-23-21/h6,8-13H,3-5,7H2,1-2H3,(H,23,24)(H,25,26). The van der Waals surface area contributed by atoms with Crippen molar-refractivity contribution in [1.82, 2.24) is 15.0 Å². The number of aromatic amines is 1. The highest BCUT2D eigenvalue weighted by atomic mass is 19.1. The molecule has 0 spiro atoms. The zero-order valence-electron chi connectivity index (χ0n) is 15.1. The van der Waals surface area contributed by atoms with Crippen molar-refractivity contribution < 1.29 is 4.39 Å². The molecule has 3 heterocycles. The molecule has 3 aromatic rings. The number of nitrogens with zero attached hydrogens (tertiary/aromatic N) is 2. The number of nitrogens with one attached hydrogen (secondary N) is 2. The van der Waals surface area contributed by atoms with Crippen LogP contribution in [0.2, 0.25) is 0 Å². The molecule has 1 aromatic carbocycles. The lowest BCUT2D eigenvalue weighted by molar-refractivity contribution is 0.548. The number of unbranched alkanes of at least 4 members (excludes halogenated alkanes) is 1. The normalized spacial score (nSPS) is 13.2. The third kappa shape index (κ3) is 2.87. The maximum atomic E-state index is 13.8. The minimum Gasteiger partial charge on any atom is -0.341 e. The summed E-state index contributed by atoms with van der Waals surface area (Å²) in [4.78, 5) is 13.0. The third-order valence-corrected chi connectivity index (χ3v) is 5.07. The topological polar surface area (TPSA) is 53.6 Å². The summed E-state index contributed by atoms with van der Waals surface area (Å²) < 4.78 is 13.8. The molecule has 26 heavy (non-hydrogen) atoms. The van der Waals surface area contributed by atoms with Gasteiger partial charge >= 0.3 is 0 Å². The number of hydrogen-bond acceptors (Lipinski definition) is 3. The van der Waals surface area contributed by atoms with E-state index in [0.717, 1.165) is 47.0 Å². The van der Waals surface area contributed by atoms with Crippen LogP contribution in [-0.4, -0.2) is 15.0 Å². The summed E-state index contributed by atoms with van der Waals surface area (Å²) in [6.07, 6.45) is 6.26. The summed E-state index contributed by atoms with van der Waals surface area (Å²) in [5.41, 5.74) is 4.37. The van der Waals surface area contributed by atoms with Crippen molar-refractivity contribution in [2.24, 2.45) is 0 Å². The van der Waals surface area contributed by atoms with Crippen LogP contribution in [0.15, 0.2) is 36.5 Å². The Kier molecular flexibility index (Phi) is 4.45. The van der Waals surface area contributed by atoms with E-state index in [1.807, 2.05) is 12.1 Å². The molecule has 134 valence electrons. The SMILES string of the molecule is CCCCC(CC)c1nc2c([nH]1)-c1cccnc1Nc1cc(F)ccc1-2. The minimum atomic E-state index is -0.276. The lowest BCUT2D eigenvalue weighted by Crippen LogP contribution is -2.01. The summed E-state index contributed by atoms with van der Waals surface area (Å²) in [6.45, 7) is 4.41. The van der Waals surface area contributed by atoms with Crippen LogP contribution in [0.3, 0.4) is 0 Å². The minimum absolute atomic E-state index is 0.276. The first-order valence-corrected chi connectivity index (χ1v) is 9.33. The first kappa shape index (κ1) is 16.8. The fourth-order valence-electron chi connectivity index (χ4n) is 3.62. The molecule has 0 aliphatic carbocycles. The van der Waals surface area contributed by atoms with Crippen molar-refractivity contribution in [1.29, 1.82) is 0 Å². The van der Waals surface area contributed by atoms with E-state index in [4.69, 9.17) is 4.98 Å². The average molecular weight is 350 g/mol. The van der Waals surface area contributed by atoms with Gasteiger partial charge in [-0.05, 0) is 43.2 Å². The van der Waals surface area contributed by atoms with Gasteiger partial charge in [-0.2, -0.15) is 0 Å². The first-order chi connectivity index (χ1) is 12.7. The number of halogens is 1. The van der Waals surface area contributed by atoms with Crippen molar-refractivity contribution in [3.63, 3.8) is 0 Å². The van der Waals surface area contributed by atoms with Gasteiger partial charge in [-0.25, -0.2) is 14.4 Å². The van der Waals surface area contributed by atoms with Crippen molar-refractivity contribution >= 4 is 11.5 Å². The maximum Gasteiger partial charge on any atom is 0.139 e. The molecule has 1 aliphatic heterocycles. The largest absolute Gasteiger partial charge is 0.341 e. The van der Waals surface area contributed by atoms with Gasteiger partial charge in [0, 0.05) is 23.2 Å². The van der Waals surface area contributed by atoms with Crippen LogP contribution in [0.1, 0.15) is 51.3 Å². The van der Waals surface area contributed by atoms with Crippen LogP contribution in [0.4, 0.5) is 15.9 Å². The maximum absolute atomic E-state index is 13.8. The molecule has 4 nitrogen and oxygen atoms in total. The number of H-pyrrole nitrogens is 1. The highest BCUT2D eigenvalue weighted by Gasteiger charge is 2.25. The van der Waals surface area contributed by atoms with Crippen molar-refractivity contribution in [2.75, 3.05) is 5.32 Å². The van der Waals surface area contributed by atoms with Gasteiger partial charge in [-0.1, -0.05) is 26.7 Å². The molecule has 2 N–H and O–H groups in total. The molecule has 0 saturated heterocycles. The third-order valence-electron chi connectivity index (χ3n) is 5.07. The van der Waals surface area contributed by atoms with Gasteiger partial charge in [0.15, 0.2) is 0 Å². The molecule has 0 bridgehead atoms. The summed E-state index contributed by atoms with van der Waals surface area (Å²) in [5, 5.41) is 3.26. The van der Waals surface area contributed by atoms with Gasteiger partial charge in [0.1, 0.15) is 17.5 Å². The lowest BCUT2D eigenvalue weighted by Gasteiger charge is -2.12. The van der Waals surface area contributed by atoms with Gasteiger partial charge < -0.3 is 10.3 Å². The van der Waals surface area contributed by atoms with Crippen LogP contribution < -0.4 is 5.32 Å². The van der Waals surface area contributed by atoms with Crippen LogP contribution in [0, 0.1) is 5.82 Å². The fraction of sp³-hybridized carbons (Fsp3) is 0.333. The van der Waals surface area contributed by atoms with Crippen LogP contribution in [0.25, 0.3) is 22.5 Å². The second kappa shape index (κ2) is 6.90. The number of hydrogen-bond donors (Lipinski definition) is 2. The zero-order valence-corrected chi connectivity index (χ0v) is 15.1. The molecule has 0 saturated carbocycles. The predicted molar refractivity (Wildman–Crippen MR) is 103 cm³/mol. The molecule has 1 atom stereocenters. The Morgan fingerprint density at radius 1 is 1.15 bits per heavy atom. The van der Waals surface area contributed by atoms with E-state index in [1.54, 1.807) is 12.3 Å². The van der Waals surface area contributed by atoms with Gasteiger partial charge in [-0.15, -0.1) is 0 Å². The van der Waals surface area contributed by atoms with Crippen LogP contribution in [-0.2, 0) is 0 Å². The second-order valence-corrected chi connectivity index (χ2v) is 6.81. The Labute approximate surface area is 152 Å². The molecular weight excluding hydrogens is 327 g/mol. The highest BCUT2D eigenvalue weighted by molar-refractivity contribution is 5.94. The quantitative estimate of drug-likeness (QED) is 0.463. The Morgan fingerprint density at radius 3 is 2.85 bits per heavy atom. The van der Waals surface area contributed by atoms with Crippen LogP contribution >= 0.6 is 0 Å². The number of benzene rings is 1. The zero-order chi connectivity index (χ0) is 18.1. The first-order valence-electron chi connectivity index (χ1n) is 9.33. The van der Waals surface area contributed by atoms with Crippen molar-refractivity contribution in [3.8, 4) is 22.5 Å². The number of pyridine rings is 1. The predicted octanol–water partition coefficient (Wildman–Crippen LogP) is 6.02. The molecule has 5 heteroatoms. The Bertz CT molecular complexity index is 932. The van der Waals surface area contributed by atoms with E-state index < -0.39 is 0 Å². The monoisotopic (exact) mass is 350 g/mol. The molecular formula is C21H23FN4. The average Bonchev–Trinajstić information content (AvgIpc) is 3.03. The molecule has 2 aromatic heterocycles. The summed E-state index contributed by atoms with van der Waals surface area (Å²) in [7, 11) is 0. The lowest BCUT2D eigenvalue weighted by atomic mass is 9.99. The van der Waals surface area contributed by atoms with E-state index in [1.165, 1.54) is 25.0 Å². The molecule has 1 unspecified atom stereocenters. The number of rotatable bonds is 5. The molecule has 4 rings (SSSR count). The van der Waals surface area contributed by atoms with Gasteiger partial charge in [0.2, 0.25) is 0 Å².